The van der Waals surface area contributed by atoms with Crippen molar-refractivity contribution in [2.45, 2.75) is 19.1 Å². The maximum Gasteiger partial charge on any atom is 0.416 e. The molecule has 1 atom stereocenters. The van der Waals surface area contributed by atoms with E-state index >= 15 is 0 Å². The quantitative estimate of drug-likeness (QED) is 0.347. The lowest BCUT2D eigenvalue weighted by Gasteiger charge is -2.18. The topological polar surface area (TPSA) is 45.7 Å². The van der Waals surface area contributed by atoms with Crippen molar-refractivity contribution >= 4 is 5.96 Å². The van der Waals surface area contributed by atoms with E-state index in [0.717, 1.165) is 12.1 Å². The minimum absolute atomic E-state index is 0.160. The van der Waals surface area contributed by atoms with E-state index in [9.17, 15) is 17.6 Å². The van der Waals surface area contributed by atoms with Crippen LogP contribution in [0, 0.1) is 17.7 Å². The number of aliphatic imine (C=N–C) groups is 1. The van der Waals surface area contributed by atoms with Crippen molar-refractivity contribution in [2.75, 3.05) is 20.7 Å². The third-order valence-corrected chi connectivity index (χ3v) is 4.02. The Hall–Kier alpha value is -3.21. The first-order valence-corrected chi connectivity index (χ1v) is 8.71. The predicted octanol–water partition coefficient (Wildman–Crippen LogP) is 4.13. The Balaban J connectivity index is 1.95. The van der Waals surface area contributed by atoms with Gasteiger partial charge in [-0.15, -0.1) is 0 Å². The summed E-state index contributed by atoms with van der Waals surface area (Å²) in [5, 5.41) is 6.04. The zero-order chi connectivity index (χ0) is 21.4. The summed E-state index contributed by atoms with van der Waals surface area (Å²) in [6, 6.07) is 9.22. The second kappa shape index (κ2) is 9.82. The van der Waals surface area contributed by atoms with Crippen molar-refractivity contribution < 1.29 is 22.3 Å². The fraction of sp³-hybridized carbons (Fsp3) is 0.286. The average Bonchev–Trinajstić information content (AvgIpc) is 2.69. The molecule has 0 bridgehead atoms. The largest absolute Gasteiger partial charge is 0.494 e. The van der Waals surface area contributed by atoms with Crippen LogP contribution in [-0.4, -0.2) is 26.7 Å². The first kappa shape index (κ1) is 22.1. The van der Waals surface area contributed by atoms with Gasteiger partial charge in [-0.3, -0.25) is 4.99 Å². The molecule has 29 heavy (non-hydrogen) atoms. The van der Waals surface area contributed by atoms with Gasteiger partial charge in [0.15, 0.2) is 17.5 Å². The number of halogens is 4. The molecular weight excluding hydrogens is 386 g/mol. The second-order valence-electron chi connectivity index (χ2n) is 6.07. The van der Waals surface area contributed by atoms with Gasteiger partial charge in [0, 0.05) is 12.6 Å². The van der Waals surface area contributed by atoms with Crippen LogP contribution >= 0.6 is 0 Å². The number of ether oxygens (including phenoxy) is 1. The Kier molecular flexibility index (Phi) is 7.48. The van der Waals surface area contributed by atoms with Crippen LogP contribution < -0.4 is 15.4 Å². The standard InChI is InChI=1S/C21H21F4N3O/c1-14(16-9-10-19(29-3)18(22)13-16)28-20(26-2)27-11-5-7-15-6-4-8-17(12-15)21(23,24)25/h4,6,8-10,12-14H,11H2,1-3H3,(H2,26,27,28). The average molecular weight is 407 g/mol. The molecule has 0 aliphatic rings. The fourth-order valence-corrected chi connectivity index (χ4v) is 2.48. The lowest BCUT2D eigenvalue weighted by atomic mass is 10.1. The van der Waals surface area contributed by atoms with Crippen molar-refractivity contribution in [3.05, 3.63) is 65.0 Å². The Bertz CT molecular complexity index is 929. The first-order valence-electron chi connectivity index (χ1n) is 8.71. The minimum Gasteiger partial charge on any atom is -0.494 e. The molecule has 0 spiro atoms. The molecule has 0 aromatic heterocycles. The van der Waals surface area contributed by atoms with Crippen molar-refractivity contribution in [3.63, 3.8) is 0 Å². The van der Waals surface area contributed by atoms with E-state index in [-0.39, 0.29) is 23.9 Å². The summed E-state index contributed by atoms with van der Waals surface area (Å²) in [6.45, 7) is 2.00. The zero-order valence-corrected chi connectivity index (χ0v) is 16.2. The SMILES string of the molecule is CN=C(NCC#Cc1cccc(C(F)(F)F)c1)NC(C)c1ccc(OC)c(F)c1. The number of benzene rings is 2. The molecule has 1 unspecified atom stereocenters. The number of nitrogens with zero attached hydrogens (tertiary/aromatic N) is 1. The number of guanidine groups is 1. The van der Waals surface area contributed by atoms with E-state index in [1.807, 2.05) is 6.92 Å². The number of nitrogens with one attached hydrogen (secondary N) is 2. The van der Waals surface area contributed by atoms with Crippen molar-refractivity contribution in [1.29, 1.82) is 0 Å². The molecule has 2 rings (SSSR count). The van der Waals surface area contributed by atoms with E-state index < -0.39 is 17.6 Å². The predicted molar refractivity (Wildman–Crippen MR) is 104 cm³/mol. The molecule has 0 saturated carbocycles. The number of alkyl halides is 3. The van der Waals surface area contributed by atoms with E-state index in [0.29, 0.717) is 11.5 Å². The molecule has 2 aromatic rings. The summed E-state index contributed by atoms with van der Waals surface area (Å²) in [4.78, 5) is 4.06. The Labute approximate surface area is 167 Å². The minimum atomic E-state index is -4.40. The van der Waals surface area contributed by atoms with Crippen LogP contribution in [0.2, 0.25) is 0 Å². The second-order valence-corrected chi connectivity index (χ2v) is 6.07. The summed E-state index contributed by atoms with van der Waals surface area (Å²) in [5.74, 6) is 5.56. The highest BCUT2D eigenvalue weighted by Crippen LogP contribution is 2.29. The highest BCUT2D eigenvalue weighted by atomic mass is 19.4. The maximum atomic E-state index is 13.9. The molecule has 0 radical (unpaired) electrons. The molecule has 8 heteroatoms. The first-order chi connectivity index (χ1) is 13.7. The van der Waals surface area contributed by atoms with Crippen molar-refractivity contribution in [3.8, 4) is 17.6 Å². The van der Waals surface area contributed by atoms with Gasteiger partial charge in [0.2, 0.25) is 0 Å². The van der Waals surface area contributed by atoms with E-state index in [2.05, 4.69) is 27.5 Å². The summed E-state index contributed by atoms with van der Waals surface area (Å²) >= 11 is 0. The van der Waals surface area contributed by atoms with Crippen LogP contribution in [0.4, 0.5) is 17.6 Å². The number of hydrogen-bond donors (Lipinski definition) is 2. The third-order valence-electron chi connectivity index (χ3n) is 4.02. The van der Waals surface area contributed by atoms with E-state index in [4.69, 9.17) is 4.74 Å². The maximum absolute atomic E-state index is 13.9. The monoisotopic (exact) mass is 407 g/mol. The third kappa shape index (κ3) is 6.42. The van der Waals surface area contributed by atoms with Gasteiger partial charge in [-0.2, -0.15) is 13.2 Å². The molecule has 0 heterocycles. The van der Waals surface area contributed by atoms with Gasteiger partial charge in [0.25, 0.3) is 0 Å². The molecule has 0 aliphatic heterocycles. The molecule has 0 amide bonds. The molecule has 4 nitrogen and oxygen atoms in total. The summed E-state index contributed by atoms with van der Waals surface area (Å²) in [7, 11) is 2.96. The Morgan fingerprint density at radius 1 is 1.21 bits per heavy atom. The number of hydrogen-bond acceptors (Lipinski definition) is 2. The van der Waals surface area contributed by atoms with Crippen LogP contribution in [0.5, 0.6) is 5.75 Å². The van der Waals surface area contributed by atoms with Crippen LogP contribution in [-0.2, 0) is 6.18 Å². The molecule has 0 fully saturated rings. The van der Waals surface area contributed by atoms with Crippen LogP contribution in [0.25, 0.3) is 0 Å². The van der Waals surface area contributed by atoms with Gasteiger partial charge >= 0.3 is 6.18 Å². The Morgan fingerprint density at radius 2 is 1.97 bits per heavy atom. The van der Waals surface area contributed by atoms with Crippen molar-refractivity contribution in [1.82, 2.24) is 10.6 Å². The van der Waals surface area contributed by atoms with Crippen molar-refractivity contribution in [2.24, 2.45) is 4.99 Å². The summed E-state index contributed by atoms with van der Waals surface area (Å²) in [6.07, 6.45) is -4.40. The number of rotatable bonds is 4. The van der Waals surface area contributed by atoms with Crippen LogP contribution in [0.1, 0.15) is 29.7 Å². The highest BCUT2D eigenvalue weighted by molar-refractivity contribution is 5.80. The molecule has 2 aromatic carbocycles. The van der Waals surface area contributed by atoms with Gasteiger partial charge in [-0.05, 0) is 42.8 Å². The molecule has 2 N–H and O–H groups in total. The van der Waals surface area contributed by atoms with Crippen LogP contribution in [0.3, 0.4) is 0 Å². The zero-order valence-electron chi connectivity index (χ0n) is 16.2. The van der Waals surface area contributed by atoms with Gasteiger partial charge in [-0.25, -0.2) is 4.39 Å². The molecular formula is C21H21F4N3O. The molecule has 0 saturated heterocycles. The van der Waals surface area contributed by atoms with Gasteiger partial charge in [-0.1, -0.05) is 24.0 Å². The summed E-state index contributed by atoms with van der Waals surface area (Å²) in [5.41, 5.74) is 0.225. The van der Waals surface area contributed by atoms with E-state index in [1.54, 1.807) is 19.2 Å². The van der Waals surface area contributed by atoms with Gasteiger partial charge in [0.05, 0.1) is 25.3 Å². The van der Waals surface area contributed by atoms with Gasteiger partial charge < -0.3 is 15.4 Å². The summed E-state index contributed by atoms with van der Waals surface area (Å²) < 4.78 is 56.9. The lowest BCUT2D eigenvalue weighted by molar-refractivity contribution is -0.137. The Morgan fingerprint density at radius 3 is 2.59 bits per heavy atom. The number of methoxy groups -OCH3 is 1. The normalized spacial score (nSPS) is 12.6. The smallest absolute Gasteiger partial charge is 0.416 e. The fourth-order valence-electron chi connectivity index (χ4n) is 2.48. The molecule has 154 valence electrons. The van der Waals surface area contributed by atoms with E-state index in [1.165, 1.54) is 25.3 Å². The van der Waals surface area contributed by atoms with Crippen LogP contribution in [0.15, 0.2) is 47.5 Å². The highest BCUT2D eigenvalue weighted by Gasteiger charge is 2.30. The lowest BCUT2D eigenvalue weighted by Crippen LogP contribution is -2.38. The molecule has 0 aliphatic carbocycles. The van der Waals surface area contributed by atoms with Gasteiger partial charge in [0.1, 0.15) is 0 Å².